The molecule has 2 rings (SSSR count). The average molecular weight is 826 g/mol. The first-order valence-corrected chi connectivity index (χ1v) is 21.9. The zero-order valence-electron chi connectivity index (χ0n) is 40.5. The summed E-state index contributed by atoms with van der Waals surface area (Å²) < 4.78 is 11.0. The number of benzene rings is 1. The molecule has 3 N–H and O–H groups in total. The number of amides is 4. The van der Waals surface area contributed by atoms with Crippen molar-refractivity contribution in [3.63, 3.8) is 0 Å². The first-order valence-electron chi connectivity index (χ1n) is 21.9. The first-order chi connectivity index (χ1) is 27.5. The van der Waals surface area contributed by atoms with Crippen LogP contribution in [0.5, 0.6) is 0 Å². The lowest BCUT2D eigenvalue weighted by Crippen LogP contribution is -2.51. The first kappa shape index (κ1) is 61.6. The number of carbonyl (C=O) groups excluding carboxylic acids is 4. The zero-order valence-corrected chi connectivity index (χ0v) is 40.5. The van der Waals surface area contributed by atoms with Crippen LogP contribution in [0.4, 0.5) is 0 Å². The lowest BCUT2D eigenvalue weighted by atomic mass is 9.91. The number of carbonyl (C=O) groups is 4. The SMILES string of the molecule is CC.CC.CC(C)C(C)N(C)C.CCC.CCC(C)C(C(CC)OC)N(C)C(=O)CNC=O.COC(C(C)C(=O)NC(C)C(O)c1ccccc1)C1CCCN1C=O. The van der Waals surface area contributed by atoms with E-state index in [1.54, 1.807) is 44.9 Å². The molecule has 4 amide bonds. The van der Waals surface area contributed by atoms with Gasteiger partial charge < -0.3 is 39.9 Å². The molecule has 0 aromatic heterocycles. The molecule has 12 nitrogen and oxygen atoms in total. The number of aliphatic hydroxyl groups is 1. The van der Waals surface area contributed by atoms with Crippen LogP contribution in [0.15, 0.2) is 30.3 Å². The Bertz CT molecular complexity index is 1110. The number of nitrogens with one attached hydrogen (secondary N) is 2. The summed E-state index contributed by atoms with van der Waals surface area (Å²) in [6.45, 7) is 29.5. The second-order valence-corrected chi connectivity index (χ2v) is 14.9. The van der Waals surface area contributed by atoms with Crippen LogP contribution in [0.25, 0.3) is 0 Å². The van der Waals surface area contributed by atoms with E-state index in [-0.39, 0.29) is 42.7 Å². The monoisotopic (exact) mass is 826 g/mol. The molecule has 9 unspecified atom stereocenters. The van der Waals surface area contributed by atoms with Crippen LogP contribution >= 0.6 is 0 Å². The molecule has 0 saturated carbocycles. The number of ether oxygens (including phenoxy) is 2. The fourth-order valence-corrected chi connectivity index (χ4v) is 6.32. The standard InChI is InChI=1S/C19H28N2O4.C13H26N2O3.C7H17N.C3H8.2C2H6/c1-13(18(25-3)16-10-7-11-21(16)12-22)19(24)20-14(2)17(23)15-8-5-4-6-9-15;1-6-10(3)13(11(7-2)18-5)15(4)12(17)8-14-9-16;1-6(2)7(3)8(4)5;1-3-2;2*1-2/h4-6,8-9,12-14,16-18,23H,7,10-11H2,1-3H3,(H,20,24);9-11,13H,6-8H2,1-5H3,(H,14,16);6-7H,1-5H3;3H2,1-2H3;2*1-2H3. The fourth-order valence-electron chi connectivity index (χ4n) is 6.32. The van der Waals surface area contributed by atoms with Crippen LogP contribution in [0.2, 0.25) is 0 Å². The van der Waals surface area contributed by atoms with E-state index < -0.39 is 18.1 Å². The Labute approximate surface area is 356 Å². The fraction of sp³-hybridized carbons (Fsp3) is 0.783. The van der Waals surface area contributed by atoms with Crippen molar-refractivity contribution in [2.45, 2.75) is 172 Å². The Balaban J connectivity index is -0.000000385. The number of methoxy groups -OCH3 is 2. The van der Waals surface area contributed by atoms with Crippen molar-refractivity contribution in [2.75, 3.05) is 48.5 Å². The van der Waals surface area contributed by atoms with Crippen LogP contribution in [-0.2, 0) is 28.7 Å². The van der Waals surface area contributed by atoms with Crippen LogP contribution in [-0.4, -0.2) is 129 Å². The highest BCUT2D eigenvalue weighted by atomic mass is 16.5. The van der Waals surface area contributed by atoms with Gasteiger partial charge >= 0.3 is 0 Å². The van der Waals surface area contributed by atoms with Gasteiger partial charge in [-0.25, -0.2) is 0 Å². The zero-order chi connectivity index (χ0) is 46.0. The Hall–Kier alpha value is -3.06. The van der Waals surface area contributed by atoms with Crippen molar-refractivity contribution in [3.05, 3.63) is 35.9 Å². The number of rotatable bonds is 19. The topological polar surface area (TPSA) is 141 Å². The average Bonchev–Trinajstić information content (AvgIpc) is 3.71. The lowest BCUT2D eigenvalue weighted by Gasteiger charge is -2.37. The van der Waals surface area contributed by atoms with Gasteiger partial charge in [-0.2, -0.15) is 0 Å². The smallest absolute Gasteiger partial charge is 0.242 e. The largest absolute Gasteiger partial charge is 0.386 e. The molecule has 1 aromatic carbocycles. The predicted octanol–water partition coefficient (Wildman–Crippen LogP) is 7.59. The van der Waals surface area contributed by atoms with E-state index in [4.69, 9.17) is 9.47 Å². The minimum Gasteiger partial charge on any atom is -0.386 e. The number of likely N-dealkylation sites (N-methyl/N-ethyl adjacent to an activating group) is 1. The van der Waals surface area contributed by atoms with E-state index in [9.17, 15) is 24.3 Å². The van der Waals surface area contributed by atoms with Crippen molar-refractivity contribution >= 4 is 24.6 Å². The third-order valence-corrected chi connectivity index (χ3v) is 10.3. The Morgan fingerprint density at radius 2 is 1.43 bits per heavy atom. The molecule has 1 aliphatic rings. The second-order valence-electron chi connectivity index (χ2n) is 14.9. The third-order valence-electron chi connectivity index (χ3n) is 10.3. The van der Waals surface area contributed by atoms with Crippen LogP contribution in [0, 0.1) is 17.8 Å². The summed E-state index contributed by atoms with van der Waals surface area (Å²) in [5, 5.41) is 15.7. The van der Waals surface area contributed by atoms with Gasteiger partial charge in [0, 0.05) is 33.9 Å². The molecule has 12 heteroatoms. The predicted molar refractivity (Wildman–Crippen MR) is 243 cm³/mol. The van der Waals surface area contributed by atoms with E-state index in [2.05, 4.69) is 78.1 Å². The summed E-state index contributed by atoms with van der Waals surface area (Å²) in [7, 11) is 9.24. The van der Waals surface area contributed by atoms with Crippen molar-refractivity contribution in [1.82, 2.24) is 25.3 Å². The van der Waals surface area contributed by atoms with E-state index in [0.29, 0.717) is 24.9 Å². The number of hydrogen-bond acceptors (Lipinski definition) is 8. The summed E-state index contributed by atoms with van der Waals surface area (Å²) in [6.07, 6.45) is 5.06. The second kappa shape index (κ2) is 38.2. The Morgan fingerprint density at radius 3 is 1.81 bits per heavy atom. The van der Waals surface area contributed by atoms with E-state index >= 15 is 0 Å². The van der Waals surface area contributed by atoms with Crippen molar-refractivity contribution in [2.24, 2.45) is 17.8 Å². The lowest BCUT2D eigenvalue weighted by molar-refractivity contribution is -0.136. The molecule has 0 radical (unpaired) electrons. The maximum Gasteiger partial charge on any atom is 0.242 e. The van der Waals surface area contributed by atoms with Gasteiger partial charge in [0.05, 0.1) is 48.9 Å². The van der Waals surface area contributed by atoms with Crippen LogP contribution in [0.3, 0.4) is 0 Å². The minimum absolute atomic E-state index is 0.0186. The summed E-state index contributed by atoms with van der Waals surface area (Å²) in [4.78, 5) is 51.6. The van der Waals surface area contributed by atoms with Gasteiger partial charge in [0.15, 0.2) is 0 Å². The molecule has 1 heterocycles. The molecule has 0 spiro atoms. The molecule has 1 fully saturated rings. The maximum absolute atomic E-state index is 12.6. The third kappa shape index (κ3) is 24.1. The maximum atomic E-state index is 12.6. The number of likely N-dealkylation sites (tertiary alicyclic amines) is 1. The Morgan fingerprint density at radius 1 is 0.897 bits per heavy atom. The summed E-state index contributed by atoms with van der Waals surface area (Å²) >= 11 is 0. The van der Waals surface area contributed by atoms with Gasteiger partial charge in [-0.05, 0) is 64.6 Å². The molecule has 1 aromatic rings. The molecule has 58 heavy (non-hydrogen) atoms. The van der Waals surface area contributed by atoms with Gasteiger partial charge in [0.2, 0.25) is 24.6 Å². The number of hydrogen-bond donors (Lipinski definition) is 3. The van der Waals surface area contributed by atoms with Gasteiger partial charge in [-0.3, -0.25) is 19.2 Å². The minimum atomic E-state index is -0.781. The van der Waals surface area contributed by atoms with E-state index in [0.717, 1.165) is 43.6 Å². The van der Waals surface area contributed by atoms with Crippen molar-refractivity contribution < 1.29 is 33.8 Å². The molecule has 1 saturated heterocycles. The van der Waals surface area contributed by atoms with Crippen molar-refractivity contribution in [1.29, 1.82) is 0 Å². The van der Waals surface area contributed by atoms with Crippen LogP contribution < -0.4 is 10.6 Å². The molecule has 9 atom stereocenters. The molecular weight excluding hydrogens is 735 g/mol. The summed E-state index contributed by atoms with van der Waals surface area (Å²) in [5.74, 6) is 0.404. The molecule has 1 aliphatic heterocycles. The number of aliphatic hydroxyl groups excluding tert-OH is 1. The molecule has 342 valence electrons. The Kier molecular flexibility index (Phi) is 40.5. The van der Waals surface area contributed by atoms with E-state index in [1.165, 1.54) is 6.42 Å². The summed E-state index contributed by atoms with van der Waals surface area (Å²) in [6, 6.07) is 9.46. The van der Waals surface area contributed by atoms with E-state index in [1.807, 2.05) is 65.0 Å². The molecule has 0 aliphatic carbocycles. The quantitative estimate of drug-likeness (QED) is 0.121. The normalized spacial score (nSPS) is 17.0. The van der Waals surface area contributed by atoms with Crippen molar-refractivity contribution in [3.8, 4) is 0 Å². The van der Waals surface area contributed by atoms with Gasteiger partial charge in [-0.1, -0.05) is 126 Å². The highest BCUT2D eigenvalue weighted by Gasteiger charge is 2.38. The highest BCUT2D eigenvalue weighted by Crippen LogP contribution is 2.26. The highest BCUT2D eigenvalue weighted by molar-refractivity contribution is 5.80. The molecular formula is C46H91N5O7. The van der Waals surface area contributed by atoms with Crippen LogP contribution in [0.1, 0.15) is 141 Å². The molecule has 0 bridgehead atoms. The number of nitrogens with zero attached hydrogens (tertiary/aromatic N) is 3. The van der Waals surface area contributed by atoms with Gasteiger partial charge in [0.25, 0.3) is 0 Å². The van der Waals surface area contributed by atoms with Gasteiger partial charge in [0.1, 0.15) is 0 Å². The summed E-state index contributed by atoms with van der Waals surface area (Å²) in [5.41, 5.74) is 0.758. The van der Waals surface area contributed by atoms with Gasteiger partial charge in [-0.15, -0.1) is 0 Å².